The Hall–Kier alpha value is -0.710. The molecular weight excluding hydrogens is 246 g/mol. The zero-order valence-electron chi connectivity index (χ0n) is 10.4. The molecule has 3 atom stereocenters. The molecule has 0 radical (unpaired) electrons. The number of thioether (sulfide) groups is 1. The maximum absolute atomic E-state index is 6.33. The molecule has 3 nitrogen and oxygen atoms in total. The molecule has 2 N–H and O–H groups in total. The van der Waals surface area contributed by atoms with E-state index in [1.165, 1.54) is 12.8 Å². The van der Waals surface area contributed by atoms with Crippen LogP contribution in [0.1, 0.15) is 24.4 Å². The molecule has 0 amide bonds. The Labute approximate surface area is 112 Å². The molecular formula is C14H19NO2S. The summed E-state index contributed by atoms with van der Waals surface area (Å²) in [4.78, 5) is 0. The first-order valence-electron chi connectivity index (χ1n) is 6.55. The number of nitrogens with two attached hydrogens (primary N) is 1. The van der Waals surface area contributed by atoms with Crippen molar-refractivity contribution >= 4 is 11.8 Å². The third-order valence-electron chi connectivity index (χ3n) is 3.60. The van der Waals surface area contributed by atoms with Gasteiger partial charge in [0.15, 0.2) is 0 Å². The largest absolute Gasteiger partial charge is 0.492 e. The molecule has 2 aliphatic heterocycles. The number of fused-ring (bicyclic) bond motifs is 1. The van der Waals surface area contributed by atoms with Crippen molar-refractivity contribution in [1.82, 2.24) is 0 Å². The van der Waals surface area contributed by atoms with Gasteiger partial charge < -0.3 is 15.2 Å². The van der Waals surface area contributed by atoms with Crippen LogP contribution in [-0.4, -0.2) is 30.3 Å². The highest BCUT2D eigenvalue weighted by Crippen LogP contribution is 2.36. The Morgan fingerprint density at radius 1 is 1.33 bits per heavy atom. The van der Waals surface area contributed by atoms with E-state index in [-0.39, 0.29) is 6.04 Å². The van der Waals surface area contributed by atoms with Crippen LogP contribution in [0.25, 0.3) is 0 Å². The van der Waals surface area contributed by atoms with E-state index in [1.807, 2.05) is 30.0 Å². The Kier molecular flexibility index (Phi) is 3.77. The van der Waals surface area contributed by atoms with Gasteiger partial charge in [-0.3, -0.25) is 0 Å². The van der Waals surface area contributed by atoms with Crippen molar-refractivity contribution < 1.29 is 9.47 Å². The Morgan fingerprint density at radius 2 is 2.22 bits per heavy atom. The Bertz CT molecular complexity index is 407. The summed E-state index contributed by atoms with van der Waals surface area (Å²) in [5, 5.41) is 0.337. The number of ether oxygens (including phenoxy) is 2. The maximum Gasteiger partial charge on any atom is 0.124 e. The van der Waals surface area contributed by atoms with E-state index in [0.717, 1.165) is 23.7 Å². The zero-order valence-corrected chi connectivity index (χ0v) is 11.2. The minimum absolute atomic E-state index is 0.0707. The molecule has 18 heavy (non-hydrogen) atoms. The second kappa shape index (κ2) is 5.51. The molecule has 0 bridgehead atoms. The molecule has 0 saturated carbocycles. The van der Waals surface area contributed by atoms with Crippen molar-refractivity contribution in [2.24, 2.45) is 5.73 Å². The fourth-order valence-corrected chi connectivity index (χ4v) is 3.76. The van der Waals surface area contributed by atoms with E-state index in [1.54, 1.807) is 0 Å². The molecule has 2 aliphatic rings. The lowest BCUT2D eigenvalue weighted by molar-refractivity contribution is 0.128. The highest BCUT2D eigenvalue weighted by atomic mass is 32.2. The van der Waals surface area contributed by atoms with Crippen LogP contribution in [0.5, 0.6) is 5.75 Å². The monoisotopic (exact) mass is 265 g/mol. The van der Waals surface area contributed by atoms with Gasteiger partial charge in [0.25, 0.3) is 0 Å². The van der Waals surface area contributed by atoms with E-state index in [2.05, 4.69) is 6.07 Å². The van der Waals surface area contributed by atoms with Gasteiger partial charge in [-0.15, -0.1) is 0 Å². The van der Waals surface area contributed by atoms with Crippen LogP contribution >= 0.6 is 11.8 Å². The van der Waals surface area contributed by atoms with Crippen LogP contribution in [0.4, 0.5) is 0 Å². The molecule has 0 aromatic heterocycles. The fourth-order valence-electron chi connectivity index (χ4n) is 2.52. The number of para-hydroxylation sites is 1. The average Bonchev–Trinajstić information content (AvgIpc) is 2.91. The summed E-state index contributed by atoms with van der Waals surface area (Å²) < 4.78 is 11.4. The third kappa shape index (κ3) is 2.51. The Morgan fingerprint density at radius 3 is 3.06 bits per heavy atom. The molecule has 3 rings (SSSR count). The van der Waals surface area contributed by atoms with Gasteiger partial charge in [0.1, 0.15) is 12.4 Å². The number of hydrogen-bond acceptors (Lipinski definition) is 4. The third-order valence-corrected chi connectivity index (χ3v) is 5.02. The second-order valence-corrected chi connectivity index (χ2v) is 6.15. The van der Waals surface area contributed by atoms with Gasteiger partial charge >= 0.3 is 0 Å². The lowest BCUT2D eigenvalue weighted by Gasteiger charge is -2.31. The van der Waals surface area contributed by atoms with E-state index in [0.29, 0.717) is 18.0 Å². The van der Waals surface area contributed by atoms with Crippen LogP contribution in [0, 0.1) is 0 Å². The van der Waals surface area contributed by atoms with Gasteiger partial charge in [0.05, 0.1) is 11.4 Å². The first-order chi connectivity index (χ1) is 8.84. The van der Waals surface area contributed by atoms with E-state index >= 15 is 0 Å². The first-order valence-corrected chi connectivity index (χ1v) is 7.60. The topological polar surface area (TPSA) is 44.5 Å². The summed E-state index contributed by atoms with van der Waals surface area (Å²) >= 11 is 1.89. The lowest BCUT2D eigenvalue weighted by atomic mass is 10.0. The molecule has 1 saturated heterocycles. The standard InChI is InChI=1S/C14H19NO2S/c15-14-11-5-1-2-6-12(11)17-8-13(14)18-9-10-4-3-7-16-10/h1-2,5-6,10,13-14H,3-4,7-9,15H2. The SMILES string of the molecule is NC1c2ccccc2OCC1SCC1CCCO1. The average molecular weight is 265 g/mol. The smallest absolute Gasteiger partial charge is 0.124 e. The summed E-state index contributed by atoms with van der Waals surface area (Å²) in [5.41, 5.74) is 7.47. The van der Waals surface area contributed by atoms with Gasteiger partial charge in [-0.25, -0.2) is 0 Å². The van der Waals surface area contributed by atoms with Crippen molar-refractivity contribution in [3.63, 3.8) is 0 Å². The van der Waals surface area contributed by atoms with Crippen molar-refractivity contribution in [3.8, 4) is 5.75 Å². The highest BCUT2D eigenvalue weighted by molar-refractivity contribution is 8.00. The normalized spacial score (nSPS) is 30.8. The number of rotatable bonds is 3. The van der Waals surface area contributed by atoms with Gasteiger partial charge in [-0.1, -0.05) is 18.2 Å². The number of benzene rings is 1. The van der Waals surface area contributed by atoms with Crippen LogP contribution in [0.3, 0.4) is 0 Å². The van der Waals surface area contributed by atoms with E-state index < -0.39 is 0 Å². The lowest BCUT2D eigenvalue weighted by Crippen LogP contribution is -2.34. The second-order valence-electron chi connectivity index (χ2n) is 4.88. The molecule has 1 aromatic carbocycles. The predicted molar refractivity (Wildman–Crippen MR) is 74.1 cm³/mol. The molecule has 2 heterocycles. The minimum atomic E-state index is 0.0707. The molecule has 4 heteroatoms. The van der Waals surface area contributed by atoms with Gasteiger partial charge in [0, 0.05) is 24.0 Å². The summed E-state index contributed by atoms with van der Waals surface area (Å²) in [6.07, 6.45) is 2.80. The first kappa shape index (κ1) is 12.3. The summed E-state index contributed by atoms with van der Waals surface area (Å²) in [7, 11) is 0. The fraction of sp³-hybridized carbons (Fsp3) is 0.571. The molecule has 3 unspecified atom stereocenters. The highest BCUT2D eigenvalue weighted by Gasteiger charge is 2.29. The zero-order chi connectivity index (χ0) is 12.4. The number of hydrogen-bond donors (Lipinski definition) is 1. The molecule has 0 aliphatic carbocycles. The molecule has 1 fully saturated rings. The predicted octanol–water partition coefficient (Wildman–Crippen LogP) is 2.36. The van der Waals surface area contributed by atoms with Crippen LogP contribution in [-0.2, 0) is 4.74 Å². The van der Waals surface area contributed by atoms with Crippen LogP contribution in [0.2, 0.25) is 0 Å². The van der Waals surface area contributed by atoms with E-state index in [9.17, 15) is 0 Å². The van der Waals surface area contributed by atoms with Gasteiger partial charge in [-0.05, 0) is 18.9 Å². The van der Waals surface area contributed by atoms with E-state index in [4.69, 9.17) is 15.2 Å². The van der Waals surface area contributed by atoms with Crippen LogP contribution in [0.15, 0.2) is 24.3 Å². The molecule has 98 valence electrons. The Balaban J connectivity index is 1.61. The quantitative estimate of drug-likeness (QED) is 0.911. The molecule has 1 aromatic rings. The van der Waals surface area contributed by atoms with Crippen molar-refractivity contribution in [3.05, 3.63) is 29.8 Å². The van der Waals surface area contributed by atoms with Crippen molar-refractivity contribution in [1.29, 1.82) is 0 Å². The van der Waals surface area contributed by atoms with Crippen molar-refractivity contribution in [2.45, 2.75) is 30.2 Å². The molecule has 0 spiro atoms. The summed E-state index contributed by atoms with van der Waals surface area (Å²) in [6.45, 7) is 1.62. The van der Waals surface area contributed by atoms with Crippen LogP contribution < -0.4 is 10.5 Å². The van der Waals surface area contributed by atoms with Crippen molar-refractivity contribution in [2.75, 3.05) is 19.0 Å². The minimum Gasteiger partial charge on any atom is -0.492 e. The van der Waals surface area contributed by atoms with Gasteiger partial charge in [-0.2, -0.15) is 11.8 Å². The summed E-state index contributed by atoms with van der Waals surface area (Å²) in [6, 6.07) is 8.15. The van der Waals surface area contributed by atoms with Gasteiger partial charge in [0.2, 0.25) is 0 Å². The maximum atomic E-state index is 6.33. The summed E-state index contributed by atoms with van der Waals surface area (Å²) in [5.74, 6) is 1.98.